The van der Waals surface area contributed by atoms with Gasteiger partial charge in [-0.25, -0.2) is 4.98 Å². The van der Waals surface area contributed by atoms with E-state index in [2.05, 4.69) is 29.0 Å². The van der Waals surface area contributed by atoms with Crippen LogP contribution in [0.2, 0.25) is 5.02 Å². The number of halogens is 1. The van der Waals surface area contributed by atoms with Crippen molar-refractivity contribution in [1.82, 2.24) is 20.1 Å². The summed E-state index contributed by atoms with van der Waals surface area (Å²) in [5.41, 5.74) is 0.960. The number of likely N-dealkylation sites (tertiary alicyclic amines) is 1. The number of carbonyl (C=O) groups is 1. The predicted molar refractivity (Wildman–Crippen MR) is 112 cm³/mol. The number of thioether (sulfide) groups is 1. The van der Waals surface area contributed by atoms with E-state index >= 15 is 0 Å². The summed E-state index contributed by atoms with van der Waals surface area (Å²) >= 11 is 7.41. The minimum atomic E-state index is -0.230. The highest BCUT2D eigenvalue weighted by Crippen LogP contribution is 2.28. The van der Waals surface area contributed by atoms with E-state index in [1.807, 2.05) is 36.9 Å². The zero-order valence-electron chi connectivity index (χ0n) is 16.7. The summed E-state index contributed by atoms with van der Waals surface area (Å²) in [6, 6.07) is 6.10. The Labute approximate surface area is 175 Å². The van der Waals surface area contributed by atoms with E-state index in [4.69, 9.17) is 16.3 Å². The fourth-order valence-corrected chi connectivity index (χ4v) is 4.45. The Kier molecular flexibility index (Phi) is 6.88. The van der Waals surface area contributed by atoms with Gasteiger partial charge in [0.25, 0.3) is 0 Å². The number of piperidine rings is 1. The van der Waals surface area contributed by atoms with Crippen LogP contribution in [0.15, 0.2) is 23.4 Å². The summed E-state index contributed by atoms with van der Waals surface area (Å²) < 4.78 is 5.74. The molecule has 3 atom stereocenters. The van der Waals surface area contributed by atoms with E-state index in [-0.39, 0.29) is 17.8 Å². The third-order valence-corrected chi connectivity index (χ3v) is 6.47. The number of nitrogens with one attached hydrogen (secondary N) is 1. The molecule has 0 radical (unpaired) electrons. The number of benzene rings is 1. The van der Waals surface area contributed by atoms with E-state index in [0.29, 0.717) is 28.1 Å². The van der Waals surface area contributed by atoms with Crippen LogP contribution in [0, 0.1) is 6.92 Å². The van der Waals surface area contributed by atoms with Gasteiger partial charge in [-0.2, -0.15) is 0 Å². The van der Waals surface area contributed by atoms with Gasteiger partial charge in [-0.3, -0.25) is 9.89 Å². The molecule has 1 fully saturated rings. The van der Waals surface area contributed by atoms with E-state index < -0.39 is 0 Å². The normalized spacial score (nSPS) is 20.8. The number of carbonyl (C=O) groups excluding carboxylic acids is 1. The van der Waals surface area contributed by atoms with Gasteiger partial charge in [0, 0.05) is 17.1 Å². The van der Waals surface area contributed by atoms with Crippen molar-refractivity contribution < 1.29 is 9.53 Å². The van der Waals surface area contributed by atoms with E-state index in [0.717, 1.165) is 24.2 Å². The molecule has 2 aromatic rings. The molecular weight excluding hydrogens is 396 g/mol. The molecule has 1 amide bonds. The number of hydrogen-bond donors (Lipinski definition) is 1. The maximum atomic E-state index is 12.9. The van der Waals surface area contributed by atoms with Gasteiger partial charge in [-0.15, -0.1) is 5.10 Å². The van der Waals surface area contributed by atoms with Crippen LogP contribution in [0.3, 0.4) is 0 Å². The Morgan fingerprint density at radius 1 is 1.39 bits per heavy atom. The average molecular weight is 423 g/mol. The Morgan fingerprint density at radius 3 is 2.79 bits per heavy atom. The lowest BCUT2D eigenvalue weighted by atomic mass is 9.97. The molecule has 1 aliphatic rings. The Morgan fingerprint density at radius 2 is 2.11 bits per heavy atom. The van der Waals surface area contributed by atoms with E-state index in [1.54, 1.807) is 0 Å². The molecule has 2 heterocycles. The van der Waals surface area contributed by atoms with Gasteiger partial charge in [0.05, 0.1) is 5.25 Å². The fraction of sp³-hybridized carbons (Fsp3) is 0.550. The number of hydrogen-bond acceptors (Lipinski definition) is 5. The van der Waals surface area contributed by atoms with Crippen molar-refractivity contribution in [3.8, 4) is 5.75 Å². The van der Waals surface area contributed by atoms with Crippen molar-refractivity contribution in [2.45, 2.75) is 76.1 Å². The molecule has 0 aliphatic carbocycles. The molecule has 0 saturated carbocycles. The zero-order valence-corrected chi connectivity index (χ0v) is 18.3. The van der Waals surface area contributed by atoms with Crippen LogP contribution in [-0.4, -0.2) is 43.3 Å². The van der Waals surface area contributed by atoms with E-state index in [1.165, 1.54) is 18.2 Å². The highest BCUT2D eigenvalue weighted by Gasteiger charge is 2.32. The van der Waals surface area contributed by atoms with Crippen LogP contribution in [-0.2, 0) is 11.4 Å². The molecule has 1 aromatic heterocycles. The molecular formula is C20H27ClN4O2S. The topological polar surface area (TPSA) is 71.1 Å². The van der Waals surface area contributed by atoms with Crippen LogP contribution in [0.25, 0.3) is 0 Å². The summed E-state index contributed by atoms with van der Waals surface area (Å²) in [5.74, 6) is 1.50. The van der Waals surface area contributed by atoms with Crippen LogP contribution in [0.5, 0.6) is 5.75 Å². The van der Waals surface area contributed by atoms with Gasteiger partial charge >= 0.3 is 0 Å². The van der Waals surface area contributed by atoms with Crippen molar-refractivity contribution >= 4 is 29.3 Å². The first-order valence-electron chi connectivity index (χ1n) is 9.64. The number of nitrogens with zero attached hydrogens (tertiary/aromatic N) is 3. The summed E-state index contributed by atoms with van der Waals surface area (Å²) in [6.07, 6.45) is 3.32. The van der Waals surface area contributed by atoms with Crippen LogP contribution in [0.4, 0.5) is 0 Å². The number of amides is 1. The average Bonchev–Trinajstić information content (AvgIpc) is 3.09. The second kappa shape index (κ2) is 9.18. The van der Waals surface area contributed by atoms with E-state index in [9.17, 15) is 4.79 Å². The smallest absolute Gasteiger partial charge is 0.236 e. The highest BCUT2D eigenvalue weighted by molar-refractivity contribution is 8.00. The molecule has 0 spiro atoms. The lowest BCUT2D eigenvalue weighted by molar-refractivity contribution is -0.136. The quantitative estimate of drug-likeness (QED) is 0.688. The molecule has 3 rings (SSSR count). The minimum Gasteiger partial charge on any atom is -0.486 e. The molecule has 1 saturated heterocycles. The summed E-state index contributed by atoms with van der Waals surface area (Å²) in [5, 5.41) is 8.15. The Bertz CT molecular complexity index is 818. The second-order valence-electron chi connectivity index (χ2n) is 7.40. The summed E-state index contributed by atoms with van der Waals surface area (Å²) in [7, 11) is 0. The zero-order chi connectivity index (χ0) is 20.3. The van der Waals surface area contributed by atoms with Crippen molar-refractivity contribution in [2.75, 3.05) is 0 Å². The van der Waals surface area contributed by atoms with Crippen LogP contribution < -0.4 is 4.74 Å². The first-order valence-corrected chi connectivity index (χ1v) is 10.9. The number of aromatic amines is 1. The van der Waals surface area contributed by atoms with Crippen molar-refractivity contribution in [3.63, 3.8) is 0 Å². The van der Waals surface area contributed by atoms with Gasteiger partial charge in [0.2, 0.25) is 11.1 Å². The molecule has 1 aliphatic heterocycles. The van der Waals surface area contributed by atoms with Crippen molar-refractivity contribution in [3.05, 3.63) is 34.6 Å². The molecule has 28 heavy (non-hydrogen) atoms. The van der Waals surface area contributed by atoms with Gasteiger partial charge in [-0.1, -0.05) is 23.4 Å². The first kappa shape index (κ1) is 21.0. The molecule has 6 nitrogen and oxygen atoms in total. The number of ether oxygens (including phenoxy) is 1. The predicted octanol–water partition coefficient (Wildman–Crippen LogP) is 4.62. The van der Waals surface area contributed by atoms with Gasteiger partial charge in [0.15, 0.2) is 5.82 Å². The van der Waals surface area contributed by atoms with Gasteiger partial charge in [0.1, 0.15) is 12.4 Å². The summed E-state index contributed by atoms with van der Waals surface area (Å²) in [4.78, 5) is 19.4. The maximum absolute atomic E-state index is 12.9. The Hall–Kier alpha value is -1.73. The summed E-state index contributed by atoms with van der Waals surface area (Å²) in [6.45, 7) is 8.39. The van der Waals surface area contributed by atoms with Crippen LogP contribution >= 0.6 is 23.4 Å². The SMILES string of the molecule is Cc1cc(OCc2nc(S[C@@H](C)C(=O)N3[C@H](C)CCC[C@@H]3C)n[nH]2)ccc1Cl. The lowest BCUT2D eigenvalue weighted by Crippen LogP contribution is -2.50. The highest BCUT2D eigenvalue weighted by atomic mass is 35.5. The number of rotatable bonds is 6. The lowest BCUT2D eigenvalue weighted by Gasteiger charge is -2.40. The molecule has 0 bridgehead atoms. The first-order chi connectivity index (χ1) is 13.3. The molecule has 1 aromatic carbocycles. The second-order valence-corrected chi connectivity index (χ2v) is 9.11. The Balaban J connectivity index is 1.56. The molecule has 152 valence electrons. The third-order valence-electron chi connectivity index (χ3n) is 5.09. The largest absolute Gasteiger partial charge is 0.486 e. The van der Waals surface area contributed by atoms with Gasteiger partial charge in [-0.05, 0) is 70.7 Å². The number of aromatic nitrogens is 3. The number of H-pyrrole nitrogens is 1. The van der Waals surface area contributed by atoms with Gasteiger partial charge < -0.3 is 9.64 Å². The number of aryl methyl sites for hydroxylation is 1. The standard InChI is InChI=1S/C20H27ClN4O2S/c1-12-10-16(8-9-17(12)21)27-11-18-22-20(24-23-18)28-15(4)19(26)25-13(2)6-5-7-14(25)3/h8-10,13-15H,5-7,11H2,1-4H3,(H,22,23,24)/t13-,14+,15-/m0/s1. The third kappa shape index (κ3) is 5.00. The molecule has 1 N–H and O–H groups in total. The minimum absolute atomic E-state index is 0.156. The fourth-order valence-electron chi connectivity index (χ4n) is 3.53. The monoisotopic (exact) mass is 422 g/mol. The van der Waals surface area contributed by atoms with Crippen molar-refractivity contribution in [2.24, 2.45) is 0 Å². The van der Waals surface area contributed by atoms with Crippen LogP contribution in [0.1, 0.15) is 51.4 Å². The van der Waals surface area contributed by atoms with Crippen molar-refractivity contribution in [1.29, 1.82) is 0 Å². The molecule has 8 heteroatoms. The maximum Gasteiger partial charge on any atom is 0.236 e. The molecule has 0 unspecified atom stereocenters.